The lowest BCUT2D eigenvalue weighted by Gasteiger charge is -2.30. The van der Waals surface area contributed by atoms with Gasteiger partial charge in [0.2, 0.25) is 0 Å². The van der Waals surface area contributed by atoms with Crippen LogP contribution in [-0.4, -0.2) is 44.0 Å². The normalized spacial score (nSPS) is 14.1. The van der Waals surface area contributed by atoms with Gasteiger partial charge in [-0.05, 0) is 46.5 Å². The third kappa shape index (κ3) is 10.5. The van der Waals surface area contributed by atoms with Crippen molar-refractivity contribution in [2.75, 3.05) is 26.8 Å². The van der Waals surface area contributed by atoms with Crippen LogP contribution in [0, 0.1) is 11.8 Å². The quantitative estimate of drug-likeness (QED) is 0.724. The van der Waals surface area contributed by atoms with Gasteiger partial charge in [0.05, 0.1) is 6.61 Å². The van der Waals surface area contributed by atoms with Crippen LogP contribution >= 0.6 is 0 Å². The summed E-state index contributed by atoms with van der Waals surface area (Å²) < 4.78 is 10.5. The highest BCUT2D eigenvalue weighted by atomic mass is 16.6. The number of ether oxygens (including phenoxy) is 2. The zero-order valence-electron chi connectivity index (χ0n) is 15.0. The molecule has 0 fully saturated rings. The molecule has 0 aromatic carbocycles. The van der Waals surface area contributed by atoms with E-state index >= 15 is 0 Å². The highest BCUT2D eigenvalue weighted by Gasteiger charge is 2.22. The predicted molar refractivity (Wildman–Crippen MR) is 86.5 cm³/mol. The number of alkyl carbamates (subject to hydrolysis) is 1. The zero-order valence-corrected chi connectivity index (χ0v) is 15.0. The number of methoxy groups -OCH3 is 1. The molecule has 1 atom stereocenters. The largest absolute Gasteiger partial charge is 0.444 e. The number of hydrogen-bond donors (Lipinski definition) is 2. The van der Waals surface area contributed by atoms with Gasteiger partial charge >= 0.3 is 6.09 Å². The van der Waals surface area contributed by atoms with E-state index in [0.29, 0.717) is 25.0 Å². The van der Waals surface area contributed by atoms with E-state index in [4.69, 9.17) is 9.47 Å². The van der Waals surface area contributed by atoms with Crippen LogP contribution in [-0.2, 0) is 9.47 Å². The van der Waals surface area contributed by atoms with Crippen molar-refractivity contribution in [3.8, 4) is 0 Å². The minimum Gasteiger partial charge on any atom is -0.444 e. The summed E-state index contributed by atoms with van der Waals surface area (Å²) in [5.41, 5.74) is -0.538. The second-order valence-corrected chi connectivity index (χ2v) is 7.58. The lowest BCUT2D eigenvalue weighted by atomic mass is 9.94. The van der Waals surface area contributed by atoms with Crippen LogP contribution in [0.25, 0.3) is 0 Å². The molecule has 1 unspecified atom stereocenters. The van der Waals surface area contributed by atoms with Crippen LogP contribution in [0.2, 0.25) is 0 Å². The predicted octanol–water partition coefficient (Wildman–Crippen LogP) is 2.80. The Balaban J connectivity index is 4.29. The fourth-order valence-electron chi connectivity index (χ4n) is 1.89. The van der Waals surface area contributed by atoms with Gasteiger partial charge in [0, 0.05) is 25.7 Å². The van der Waals surface area contributed by atoms with Gasteiger partial charge in [-0.3, -0.25) is 0 Å². The summed E-state index contributed by atoms with van der Waals surface area (Å²) in [5.74, 6) is 0.805. The molecule has 0 heterocycles. The van der Waals surface area contributed by atoms with Crippen molar-refractivity contribution in [3.63, 3.8) is 0 Å². The Bertz CT molecular complexity index is 309. The van der Waals surface area contributed by atoms with E-state index in [9.17, 15) is 4.79 Å². The Morgan fingerprint density at radius 3 is 2.10 bits per heavy atom. The van der Waals surface area contributed by atoms with E-state index in [1.54, 1.807) is 7.11 Å². The highest BCUT2D eigenvalue weighted by Crippen LogP contribution is 2.12. The van der Waals surface area contributed by atoms with Crippen LogP contribution < -0.4 is 10.6 Å². The number of carbonyl (C=O) groups excluding carboxylic acids is 1. The monoisotopic (exact) mass is 302 g/mol. The maximum Gasteiger partial charge on any atom is 0.407 e. The summed E-state index contributed by atoms with van der Waals surface area (Å²) in [5, 5.41) is 6.35. The molecule has 0 aliphatic carbocycles. The van der Waals surface area contributed by atoms with Gasteiger partial charge < -0.3 is 20.1 Å². The lowest BCUT2D eigenvalue weighted by Crippen LogP contribution is -2.48. The van der Waals surface area contributed by atoms with Crippen LogP contribution in [0.4, 0.5) is 4.79 Å². The summed E-state index contributed by atoms with van der Waals surface area (Å²) in [6.45, 7) is 16.2. The van der Waals surface area contributed by atoms with E-state index in [1.165, 1.54) is 0 Å². The summed E-state index contributed by atoms with van der Waals surface area (Å²) in [4.78, 5) is 11.7. The molecule has 0 spiro atoms. The Morgan fingerprint density at radius 2 is 1.67 bits per heavy atom. The standard InChI is InChI=1S/C16H34N2O3/c1-12(2)13(10-18-16(6,7)11-20-8)9-17-14(19)21-15(3,4)5/h12-13,18H,9-11H2,1-8H3,(H,17,19). The van der Waals surface area contributed by atoms with Gasteiger partial charge in [0.25, 0.3) is 0 Å². The van der Waals surface area contributed by atoms with Crippen molar-refractivity contribution in [1.29, 1.82) is 0 Å². The number of rotatable bonds is 8. The molecule has 0 bridgehead atoms. The van der Waals surface area contributed by atoms with E-state index in [1.807, 2.05) is 20.8 Å². The second kappa shape index (κ2) is 8.59. The number of carbonyl (C=O) groups is 1. The van der Waals surface area contributed by atoms with E-state index in [0.717, 1.165) is 6.54 Å². The Kier molecular flexibility index (Phi) is 8.26. The van der Waals surface area contributed by atoms with Gasteiger partial charge in [-0.1, -0.05) is 13.8 Å². The summed E-state index contributed by atoms with van der Waals surface area (Å²) in [7, 11) is 1.70. The maximum absolute atomic E-state index is 11.7. The molecule has 126 valence electrons. The van der Waals surface area contributed by atoms with Crippen molar-refractivity contribution in [2.24, 2.45) is 11.8 Å². The lowest BCUT2D eigenvalue weighted by molar-refractivity contribution is 0.0512. The van der Waals surface area contributed by atoms with Gasteiger partial charge in [0.1, 0.15) is 5.60 Å². The molecule has 0 rings (SSSR count). The Morgan fingerprint density at radius 1 is 1.10 bits per heavy atom. The van der Waals surface area contributed by atoms with Crippen molar-refractivity contribution < 1.29 is 14.3 Å². The maximum atomic E-state index is 11.7. The summed E-state index contributed by atoms with van der Waals surface area (Å²) in [6.07, 6.45) is -0.357. The first kappa shape index (κ1) is 20.2. The topological polar surface area (TPSA) is 59.6 Å². The molecule has 0 radical (unpaired) electrons. The van der Waals surface area contributed by atoms with Gasteiger partial charge in [-0.25, -0.2) is 4.79 Å². The van der Waals surface area contributed by atoms with Crippen LogP contribution in [0.1, 0.15) is 48.5 Å². The SMILES string of the molecule is COCC(C)(C)NCC(CNC(=O)OC(C)(C)C)C(C)C. The molecule has 1 amide bonds. The highest BCUT2D eigenvalue weighted by molar-refractivity contribution is 5.67. The Labute approximate surface area is 130 Å². The van der Waals surface area contributed by atoms with Crippen LogP contribution in [0.15, 0.2) is 0 Å². The number of nitrogens with one attached hydrogen (secondary N) is 2. The van der Waals surface area contributed by atoms with E-state index < -0.39 is 5.60 Å². The summed E-state index contributed by atoms with van der Waals surface area (Å²) in [6, 6.07) is 0. The van der Waals surface area contributed by atoms with Crippen molar-refractivity contribution in [2.45, 2.75) is 59.6 Å². The van der Waals surface area contributed by atoms with Gasteiger partial charge in [-0.2, -0.15) is 0 Å². The van der Waals surface area contributed by atoms with E-state index in [2.05, 4.69) is 38.3 Å². The molecule has 2 N–H and O–H groups in total. The van der Waals surface area contributed by atoms with E-state index in [-0.39, 0.29) is 11.6 Å². The molecule has 5 heteroatoms. The molecule has 21 heavy (non-hydrogen) atoms. The first-order valence-electron chi connectivity index (χ1n) is 7.67. The Hall–Kier alpha value is -0.810. The second-order valence-electron chi connectivity index (χ2n) is 7.58. The molecular weight excluding hydrogens is 268 g/mol. The third-order valence-electron chi connectivity index (χ3n) is 3.20. The summed E-state index contributed by atoms with van der Waals surface area (Å²) >= 11 is 0. The molecular formula is C16H34N2O3. The smallest absolute Gasteiger partial charge is 0.407 e. The van der Waals surface area contributed by atoms with Crippen molar-refractivity contribution in [3.05, 3.63) is 0 Å². The molecule has 5 nitrogen and oxygen atoms in total. The number of amides is 1. The third-order valence-corrected chi connectivity index (χ3v) is 3.20. The van der Waals surface area contributed by atoms with Gasteiger partial charge in [-0.15, -0.1) is 0 Å². The first-order valence-corrected chi connectivity index (χ1v) is 7.67. The fourth-order valence-corrected chi connectivity index (χ4v) is 1.89. The first-order chi connectivity index (χ1) is 9.47. The fraction of sp³-hybridized carbons (Fsp3) is 0.938. The number of hydrogen-bond acceptors (Lipinski definition) is 4. The average Bonchev–Trinajstić information content (AvgIpc) is 2.25. The zero-order chi connectivity index (χ0) is 16.7. The molecule has 0 saturated carbocycles. The molecule has 0 aromatic rings. The minimum absolute atomic E-state index is 0.0756. The van der Waals surface area contributed by atoms with Crippen LogP contribution in [0.3, 0.4) is 0 Å². The average molecular weight is 302 g/mol. The molecule has 0 saturated heterocycles. The molecule has 0 aromatic heterocycles. The molecule has 0 aliphatic heterocycles. The van der Waals surface area contributed by atoms with Crippen LogP contribution in [0.5, 0.6) is 0 Å². The minimum atomic E-state index is -0.462. The molecule has 0 aliphatic rings. The van der Waals surface area contributed by atoms with Crippen molar-refractivity contribution >= 4 is 6.09 Å². The van der Waals surface area contributed by atoms with Crippen molar-refractivity contribution in [1.82, 2.24) is 10.6 Å². The van der Waals surface area contributed by atoms with Gasteiger partial charge in [0.15, 0.2) is 0 Å².